The van der Waals surface area contributed by atoms with Crippen molar-refractivity contribution in [3.8, 4) is 0 Å². The van der Waals surface area contributed by atoms with E-state index in [1.54, 1.807) is 6.08 Å². The zero-order valence-corrected chi connectivity index (χ0v) is 64.0. The average Bonchev–Trinajstić information content (AvgIpc) is 0.793. The van der Waals surface area contributed by atoms with Crippen molar-refractivity contribution in [2.45, 2.75) is 466 Å². The molecule has 12 unspecified atom stereocenters. The Balaban J connectivity index is 1.58. The van der Waals surface area contributed by atoms with E-state index < -0.39 is 86.8 Å². The third-order valence-corrected chi connectivity index (χ3v) is 20.8. The molecule has 99 heavy (non-hydrogen) atoms. The molecule has 0 aromatic rings. The van der Waals surface area contributed by atoms with Crippen molar-refractivity contribution in [1.29, 1.82) is 0 Å². The van der Waals surface area contributed by atoms with Gasteiger partial charge in [-0.1, -0.05) is 377 Å². The first kappa shape index (κ1) is 93.0. The molecule has 2 rings (SSSR count). The lowest BCUT2D eigenvalue weighted by molar-refractivity contribution is -0.359. The molecule has 0 radical (unpaired) electrons. The number of amides is 1. The van der Waals surface area contributed by atoms with Gasteiger partial charge in [-0.3, -0.25) is 4.79 Å². The molecule has 0 aromatic heterocycles. The predicted octanol–water partition coefficient (Wildman–Crippen LogP) is 19.8. The van der Waals surface area contributed by atoms with E-state index in [1.165, 1.54) is 315 Å². The molecule has 582 valence electrons. The fourth-order valence-corrected chi connectivity index (χ4v) is 14.1. The van der Waals surface area contributed by atoms with Crippen molar-refractivity contribution < 1.29 is 64.6 Å². The molecule has 0 aromatic carbocycles. The highest BCUT2D eigenvalue weighted by molar-refractivity contribution is 5.76. The summed E-state index contributed by atoms with van der Waals surface area (Å²) in [5.74, 6) is -0.231. The summed E-state index contributed by atoms with van der Waals surface area (Å²) in [6.07, 6.45) is 76.3. The molecule has 0 aliphatic carbocycles. The zero-order valence-electron chi connectivity index (χ0n) is 64.0. The maximum absolute atomic E-state index is 13.4. The minimum absolute atomic E-state index is 0.231. The summed E-state index contributed by atoms with van der Waals surface area (Å²) < 4.78 is 22.9. The number of allylic oxidation sites excluding steroid dienone is 7. The van der Waals surface area contributed by atoms with Gasteiger partial charge in [0, 0.05) is 6.42 Å². The van der Waals surface area contributed by atoms with Crippen LogP contribution in [-0.2, 0) is 23.7 Å². The molecule has 2 aliphatic rings. The van der Waals surface area contributed by atoms with Crippen LogP contribution in [0.5, 0.6) is 0 Å². The van der Waals surface area contributed by atoms with Gasteiger partial charge in [0.1, 0.15) is 48.8 Å². The van der Waals surface area contributed by atoms with Gasteiger partial charge in [0.15, 0.2) is 12.6 Å². The number of carbonyl (C=O) groups is 1. The molecule has 0 saturated carbocycles. The lowest BCUT2D eigenvalue weighted by Gasteiger charge is -2.46. The van der Waals surface area contributed by atoms with Gasteiger partial charge in [-0.15, -0.1) is 0 Å². The Morgan fingerprint density at radius 3 is 1.02 bits per heavy atom. The highest BCUT2D eigenvalue weighted by atomic mass is 16.7. The first-order chi connectivity index (χ1) is 48.6. The van der Waals surface area contributed by atoms with Crippen LogP contribution < -0.4 is 5.32 Å². The van der Waals surface area contributed by atoms with Crippen LogP contribution in [0.3, 0.4) is 0 Å². The third-order valence-electron chi connectivity index (χ3n) is 20.8. The van der Waals surface area contributed by atoms with Gasteiger partial charge >= 0.3 is 0 Å². The maximum atomic E-state index is 13.4. The van der Waals surface area contributed by atoms with Crippen molar-refractivity contribution in [2.24, 2.45) is 0 Å². The van der Waals surface area contributed by atoms with E-state index in [9.17, 15) is 45.6 Å². The normalized spacial score (nSPS) is 22.1. The Labute approximate surface area is 607 Å². The van der Waals surface area contributed by atoms with Crippen LogP contribution >= 0.6 is 0 Å². The molecule has 14 heteroatoms. The highest BCUT2D eigenvalue weighted by Crippen LogP contribution is 2.30. The van der Waals surface area contributed by atoms with Crippen LogP contribution in [0.15, 0.2) is 48.6 Å². The van der Waals surface area contributed by atoms with Crippen LogP contribution in [0.25, 0.3) is 0 Å². The van der Waals surface area contributed by atoms with E-state index in [0.717, 1.165) is 51.4 Å². The molecule has 1 amide bonds. The number of ether oxygens (including phenoxy) is 4. The summed E-state index contributed by atoms with van der Waals surface area (Å²) in [4.78, 5) is 13.4. The zero-order chi connectivity index (χ0) is 71.5. The molecule has 12 atom stereocenters. The van der Waals surface area contributed by atoms with E-state index >= 15 is 0 Å². The number of nitrogens with one attached hydrogen (secondary N) is 1. The number of hydrogen-bond donors (Lipinski definition) is 9. The van der Waals surface area contributed by atoms with Gasteiger partial charge in [0.2, 0.25) is 5.91 Å². The number of hydrogen-bond acceptors (Lipinski definition) is 13. The van der Waals surface area contributed by atoms with Crippen LogP contribution in [0, 0.1) is 0 Å². The maximum Gasteiger partial charge on any atom is 0.220 e. The molecule has 0 spiro atoms. The Kier molecular flexibility index (Phi) is 64.9. The van der Waals surface area contributed by atoms with Crippen molar-refractivity contribution in [2.75, 3.05) is 19.8 Å². The fraction of sp³-hybridized carbons (Fsp3) is 0.894. The molecular formula is C85H159NO13. The number of unbranched alkanes of at least 4 members (excludes halogenated alkanes) is 53. The summed E-state index contributed by atoms with van der Waals surface area (Å²) in [6.45, 7) is 2.85. The van der Waals surface area contributed by atoms with Crippen molar-refractivity contribution in [1.82, 2.24) is 5.32 Å². The minimum Gasteiger partial charge on any atom is -0.394 e. The van der Waals surface area contributed by atoms with Gasteiger partial charge < -0.3 is 65.1 Å². The van der Waals surface area contributed by atoms with Crippen molar-refractivity contribution >= 4 is 5.91 Å². The molecule has 9 N–H and O–H groups in total. The second-order valence-corrected chi connectivity index (χ2v) is 30.0. The predicted molar refractivity (Wildman–Crippen MR) is 411 cm³/mol. The monoisotopic (exact) mass is 1400 g/mol. The quantitative estimate of drug-likeness (QED) is 0.0204. The standard InChI is InChI=1S/C85H159NO13/c1-3-5-7-9-11-13-15-17-19-21-23-25-27-29-31-33-34-35-36-37-38-39-40-41-43-45-47-49-51-53-55-57-59-61-63-65-67-69-77(90)86-73(72-96-84-82(95)80(93)83(76(71-88)98-84)99-85-81(94)79(92)78(91)75(70-87)97-85)74(89)68-66-64-62-60-58-56-54-52-50-48-46-44-42-32-30-28-26-24-22-20-18-16-14-12-10-8-6-4-2/h15,17,21,23,27,29,66,68,73-76,78-85,87-89,91-95H,3-14,16,18-20,22,24-26,28,30-65,67,69-72H2,1-2H3,(H,86,90)/b17-15-,23-21-,29-27-,68-66+. The SMILES string of the molecule is CCCCCCC/C=C\C/C=C\C/C=C\CCCCCCCCCCCCCCCCCCCCCCCCC(=O)NC(COC1OC(CO)C(OC2OC(CO)C(O)C(O)C2O)C(O)C1O)C(O)/C=C/CCCCCCCCCCCCCCCCCCCCCCCCCCCC. The van der Waals surface area contributed by atoms with Crippen LogP contribution in [-0.4, -0.2) is 140 Å². The van der Waals surface area contributed by atoms with Gasteiger partial charge in [-0.2, -0.15) is 0 Å². The fourth-order valence-electron chi connectivity index (χ4n) is 14.1. The Morgan fingerprint density at radius 1 is 0.364 bits per heavy atom. The lowest BCUT2D eigenvalue weighted by atomic mass is 9.97. The number of aliphatic hydroxyl groups excluding tert-OH is 8. The van der Waals surface area contributed by atoms with E-state index in [-0.39, 0.29) is 18.9 Å². The van der Waals surface area contributed by atoms with Gasteiger partial charge in [0.05, 0.1) is 32.0 Å². The van der Waals surface area contributed by atoms with E-state index in [1.807, 2.05) is 6.08 Å². The number of aliphatic hydroxyl groups is 8. The Bertz CT molecular complexity index is 1850. The van der Waals surface area contributed by atoms with Crippen LogP contribution in [0.4, 0.5) is 0 Å². The number of rotatable bonds is 72. The van der Waals surface area contributed by atoms with Crippen LogP contribution in [0.2, 0.25) is 0 Å². The minimum atomic E-state index is -1.79. The number of carbonyl (C=O) groups excluding carboxylic acids is 1. The summed E-state index contributed by atoms with van der Waals surface area (Å²) in [7, 11) is 0. The summed E-state index contributed by atoms with van der Waals surface area (Å²) in [5, 5.41) is 87.8. The first-order valence-corrected chi connectivity index (χ1v) is 42.4. The second-order valence-electron chi connectivity index (χ2n) is 30.0. The average molecular weight is 1400 g/mol. The van der Waals surface area contributed by atoms with Crippen LogP contribution in [0.1, 0.15) is 393 Å². The molecule has 14 nitrogen and oxygen atoms in total. The second kappa shape index (κ2) is 69.0. The molecule has 2 fully saturated rings. The lowest BCUT2D eigenvalue weighted by Crippen LogP contribution is -2.65. The van der Waals surface area contributed by atoms with E-state index in [2.05, 4.69) is 55.6 Å². The van der Waals surface area contributed by atoms with Crippen molar-refractivity contribution in [3.05, 3.63) is 48.6 Å². The molecule has 2 saturated heterocycles. The summed E-state index contributed by atoms with van der Waals surface area (Å²) in [5.41, 5.74) is 0. The van der Waals surface area contributed by atoms with E-state index in [0.29, 0.717) is 6.42 Å². The van der Waals surface area contributed by atoms with Gasteiger partial charge in [0.25, 0.3) is 0 Å². The largest absolute Gasteiger partial charge is 0.394 e. The summed E-state index contributed by atoms with van der Waals surface area (Å²) in [6, 6.07) is -0.916. The smallest absolute Gasteiger partial charge is 0.220 e. The molecule has 0 bridgehead atoms. The first-order valence-electron chi connectivity index (χ1n) is 42.4. The molecule has 2 aliphatic heterocycles. The highest BCUT2D eigenvalue weighted by Gasteiger charge is 2.51. The van der Waals surface area contributed by atoms with Gasteiger partial charge in [-0.05, 0) is 57.8 Å². The molecule has 2 heterocycles. The Hall–Kier alpha value is -2.05. The van der Waals surface area contributed by atoms with E-state index in [4.69, 9.17) is 18.9 Å². The summed E-state index contributed by atoms with van der Waals surface area (Å²) >= 11 is 0. The third kappa shape index (κ3) is 51.7. The van der Waals surface area contributed by atoms with Gasteiger partial charge in [-0.25, -0.2) is 0 Å². The Morgan fingerprint density at radius 2 is 0.667 bits per heavy atom. The molecular weight excluding hydrogens is 1240 g/mol. The topological polar surface area (TPSA) is 228 Å². The van der Waals surface area contributed by atoms with Crippen molar-refractivity contribution in [3.63, 3.8) is 0 Å².